The maximum atomic E-state index is 13.1. The summed E-state index contributed by atoms with van der Waals surface area (Å²) >= 11 is 0. The van der Waals surface area contributed by atoms with Crippen molar-refractivity contribution in [3.05, 3.63) is 0 Å². The van der Waals surface area contributed by atoms with Gasteiger partial charge < -0.3 is 14.9 Å². The Morgan fingerprint density at radius 1 is 1.00 bits per heavy atom. The zero-order chi connectivity index (χ0) is 22.6. The molecule has 9 atom stereocenters. The molecule has 1 saturated heterocycles. The summed E-state index contributed by atoms with van der Waals surface area (Å²) < 4.78 is 6.16. The van der Waals surface area contributed by atoms with Gasteiger partial charge in [-0.1, -0.05) is 13.8 Å². The number of aliphatic hydroxyl groups is 2. The second kappa shape index (κ2) is 6.53. The van der Waals surface area contributed by atoms with Gasteiger partial charge in [0.25, 0.3) is 0 Å². The van der Waals surface area contributed by atoms with Crippen LogP contribution in [-0.2, 0) is 14.7 Å². The van der Waals surface area contributed by atoms with E-state index < -0.39 is 28.4 Å². The maximum absolute atomic E-state index is 13.1. The first kappa shape index (κ1) is 22.3. The zero-order valence-electron chi connectivity index (χ0n) is 19.8. The number of carbonyl (C=O) groups excluding carboxylic acids is 1. The Kier molecular flexibility index (Phi) is 4.69. The van der Waals surface area contributed by atoms with Crippen LogP contribution in [0.4, 0.5) is 0 Å². The average Bonchev–Trinajstić information content (AvgIpc) is 3.10. The molecule has 1 heterocycles. The van der Waals surface area contributed by atoms with Gasteiger partial charge in [-0.2, -0.15) is 0 Å². The lowest BCUT2D eigenvalue weighted by atomic mass is 9.43. The highest BCUT2D eigenvalue weighted by Gasteiger charge is 2.69. The number of nitrogens with zero attached hydrogens (tertiary/aromatic N) is 1. The van der Waals surface area contributed by atoms with E-state index >= 15 is 0 Å². The predicted octanol–water partition coefficient (Wildman–Crippen LogP) is 3.47. The highest BCUT2D eigenvalue weighted by Crippen LogP contribution is 2.69. The van der Waals surface area contributed by atoms with Crippen LogP contribution in [0.15, 0.2) is 0 Å². The number of ketones is 1. The van der Waals surface area contributed by atoms with Crippen LogP contribution in [0.25, 0.3) is 0 Å². The van der Waals surface area contributed by atoms with Gasteiger partial charge in [0.15, 0.2) is 5.78 Å². The highest BCUT2D eigenvalue weighted by atomic mass is 16.6. The minimum atomic E-state index is -1.23. The van der Waals surface area contributed by atoms with E-state index in [2.05, 4.69) is 13.8 Å². The molecule has 1 unspecified atom stereocenters. The van der Waals surface area contributed by atoms with Crippen LogP contribution in [0, 0.1) is 34.5 Å². The molecule has 1 radical (unpaired) electrons. The first-order chi connectivity index (χ1) is 14.3. The fourth-order valence-corrected chi connectivity index (χ4v) is 9.13. The largest absolute Gasteiger partial charge is 0.393 e. The Bertz CT molecular complexity index is 786. The summed E-state index contributed by atoms with van der Waals surface area (Å²) in [7, 11) is 0. The molecule has 0 bridgehead atoms. The maximum Gasteiger partial charge on any atom is 0.161 e. The summed E-state index contributed by atoms with van der Waals surface area (Å²) in [5, 5.41) is 37.1. The summed E-state index contributed by atoms with van der Waals surface area (Å²) in [6.07, 6.45) is 5.66. The summed E-state index contributed by atoms with van der Waals surface area (Å²) in [5.74, 6) is 0.987. The van der Waals surface area contributed by atoms with Crippen molar-refractivity contribution in [1.82, 2.24) is 5.06 Å². The normalized spacial score (nSPS) is 56.2. The van der Waals surface area contributed by atoms with Crippen molar-refractivity contribution < 1.29 is 25.0 Å². The lowest BCUT2D eigenvalue weighted by Crippen LogP contribution is -2.64. The van der Waals surface area contributed by atoms with Gasteiger partial charge in [0.1, 0.15) is 11.3 Å². The third-order valence-corrected chi connectivity index (χ3v) is 11.1. The number of fused-ring (bicyclic) bond motifs is 5. The van der Waals surface area contributed by atoms with E-state index in [-0.39, 0.29) is 23.0 Å². The molecule has 1 aliphatic heterocycles. The van der Waals surface area contributed by atoms with Crippen LogP contribution in [-0.4, -0.2) is 50.6 Å². The minimum absolute atomic E-state index is 0.0389. The fraction of sp³-hybridized carbons (Fsp3) is 0.960. The van der Waals surface area contributed by atoms with Crippen molar-refractivity contribution in [1.29, 1.82) is 0 Å². The molecule has 0 aromatic heterocycles. The van der Waals surface area contributed by atoms with Gasteiger partial charge in [0, 0.05) is 5.41 Å². The van der Waals surface area contributed by atoms with Crippen LogP contribution in [0.5, 0.6) is 0 Å². The number of rotatable bonds is 1. The summed E-state index contributed by atoms with van der Waals surface area (Å²) in [6, 6.07) is 0. The molecule has 175 valence electrons. The van der Waals surface area contributed by atoms with E-state index in [1.807, 2.05) is 13.8 Å². The van der Waals surface area contributed by atoms with Gasteiger partial charge in [0.2, 0.25) is 0 Å². The second-order valence-corrected chi connectivity index (χ2v) is 12.7. The summed E-state index contributed by atoms with van der Waals surface area (Å²) in [5.41, 5.74) is -2.99. The number of hydroxylamine groups is 2. The van der Waals surface area contributed by atoms with Crippen molar-refractivity contribution in [2.75, 3.05) is 6.61 Å². The number of hydrogen-bond donors (Lipinski definition) is 2. The Morgan fingerprint density at radius 3 is 2.29 bits per heavy atom. The van der Waals surface area contributed by atoms with Gasteiger partial charge in [-0.15, -0.1) is 10.3 Å². The highest BCUT2D eigenvalue weighted by molar-refractivity contribution is 5.86. The molecule has 1 spiro atoms. The van der Waals surface area contributed by atoms with Gasteiger partial charge in [-0.05, 0) is 101 Å². The smallest absolute Gasteiger partial charge is 0.161 e. The Balaban J connectivity index is 1.44. The molecule has 0 amide bonds. The van der Waals surface area contributed by atoms with E-state index in [1.165, 1.54) is 12.0 Å². The van der Waals surface area contributed by atoms with E-state index in [4.69, 9.17) is 4.74 Å². The molecule has 2 N–H and O–H groups in total. The Morgan fingerprint density at radius 2 is 1.68 bits per heavy atom. The van der Waals surface area contributed by atoms with Gasteiger partial charge in [-0.25, -0.2) is 0 Å². The lowest BCUT2D eigenvalue weighted by molar-refractivity contribution is -0.321. The predicted molar refractivity (Wildman–Crippen MR) is 114 cm³/mol. The van der Waals surface area contributed by atoms with E-state index in [9.17, 15) is 20.2 Å². The number of ether oxygens (including phenoxy) is 1. The minimum Gasteiger partial charge on any atom is -0.393 e. The first-order valence-corrected chi connectivity index (χ1v) is 12.3. The van der Waals surface area contributed by atoms with Crippen LogP contribution in [0.1, 0.15) is 86.0 Å². The molecule has 4 saturated carbocycles. The van der Waals surface area contributed by atoms with E-state index in [1.54, 1.807) is 0 Å². The topological polar surface area (TPSA) is 89.9 Å². The average molecular weight is 435 g/mol. The van der Waals surface area contributed by atoms with Crippen molar-refractivity contribution in [3.63, 3.8) is 0 Å². The quantitative estimate of drug-likeness (QED) is 0.660. The molecular weight excluding hydrogens is 394 g/mol. The van der Waals surface area contributed by atoms with Gasteiger partial charge in [-0.3, -0.25) is 4.79 Å². The van der Waals surface area contributed by atoms with Crippen LogP contribution < -0.4 is 0 Å². The van der Waals surface area contributed by atoms with Crippen LogP contribution >= 0.6 is 0 Å². The van der Waals surface area contributed by atoms with Crippen molar-refractivity contribution in [3.8, 4) is 0 Å². The molecular formula is C25H40NO5. The van der Waals surface area contributed by atoms with Crippen molar-refractivity contribution in [2.24, 2.45) is 34.5 Å². The molecule has 0 aromatic carbocycles. The van der Waals surface area contributed by atoms with Crippen LogP contribution in [0.2, 0.25) is 0 Å². The molecule has 6 nitrogen and oxygen atoms in total. The Labute approximate surface area is 186 Å². The third-order valence-electron chi connectivity index (χ3n) is 11.1. The van der Waals surface area contributed by atoms with Crippen molar-refractivity contribution in [2.45, 2.75) is 109 Å². The fourth-order valence-electron chi connectivity index (χ4n) is 9.13. The molecule has 5 rings (SSSR count). The van der Waals surface area contributed by atoms with Crippen molar-refractivity contribution >= 4 is 5.78 Å². The Hall–Kier alpha value is -0.530. The molecule has 31 heavy (non-hydrogen) atoms. The number of aliphatic hydroxyl groups excluding tert-OH is 1. The van der Waals surface area contributed by atoms with E-state index in [0.717, 1.165) is 25.7 Å². The summed E-state index contributed by atoms with van der Waals surface area (Å²) in [6.45, 7) is 10.3. The lowest BCUT2D eigenvalue weighted by Gasteiger charge is -2.63. The standard InChI is InChI=1S/C25H40NO5/c1-15(27)25(29)9-7-18-16-12-20(28)19-13-24(26(30)21(2,3)14-31-24)11-10-22(19,4)17(16)6-8-23(18,25)5/h16-20,28-29H,6-14H2,1-5H3/t16-,17+,18+,19-,20+,22-,23+,24?,25+/m1/s1. The SMILES string of the molecule is CC(=O)[C@@]1(O)CC[C@H]2[C@@H]3C[C@H](O)[C@H]4CC5(CC[C@]4(C)[C@H]3CC[C@@]21C)OCC(C)(C)N5[O]. The van der Waals surface area contributed by atoms with E-state index in [0.29, 0.717) is 44.1 Å². The molecule has 6 heteroatoms. The summed E-state index contributed by atoms with van der Waals surface area (Å²) in [4.78, 5) is 12.4. The van der Waals surface area contributed by atoms with Crippen LogP contribution in [0.3, 0.4) is 0 Å². The van der Waals surface area contributed by atoms with Gasteiger partial charge >= 0.3 is 0 Å². The molecule has 0 aromatic rings. The third kappa shape index (κ3) is 2.66. The van der Waals surface area contributed by atoms with Gasteiger partial charge in [0.05, 0.1) is 18.2 Å². The zero-order valence-corrected chi connectivity index (χ0v) is 19.8. The number of Topliss-reactive ketones (excluding diaryl/α,β-unsaturated/α-hetero) is 1. The number of hydrogen-bond acceptors (Lipinski definition) is 5. The number of carbonyl (C=O) groups is 1. The monoisotopic (exact) mass is 434 g/mol. The second-order valence-electron chi connectivity index (χ2n) is 12.7. The first-order valence-electron chi connectivity index (χ1n) is 12.3. The molecule has 5 fully saturated rings. The molecule has 4 aliphatic carbocycles. The molecule has 5 aliphatic rings.